The lowest BCUT2D eigenvalue weighted by Crippen LogP contribution is -2.31. The number of alkyl halides is 3. The highest BCUT2D eigenvalue weighted by molar-refractivity contribution is 7.90. The summed E-state index contributed by atoms with van der Waals surface area (Å²) in [6, 6.07) is 8.84. The first-order valence-corrected chi connectivity index (χ1v) is 11.7. The van der Waals surface area contributed by atoms with Crippen molar-refractivity contribution in [1.82, 2.24) is 9.19 Å². The van der Waals surface area contributed by atoms with Crippen molar-refractivity contribution in [3.05, 3.63) is 53.1 Å². The second kappa shape index (κ2) is 6.87. The van der Waals surface area contributed by atoms with Gasteiger partial charge in [-0.05, 0) is 37.1 Å². The van der Waals surface area contributed by atoms with E-state index in [9.17, 15) is 21.6 Å². The van der Waals surface area contributed by atoms with Gasteiger partial charge in [0.25, 0.3) is 15.9 Å². The van der Waals surface area contributed by atoms with Gasteiger partial charge in [0.2, 0.25) is 0 Å². The zero-order chi connectivity index (χ0) is 22.1. The van der Waals surface area contributed by atoms with Gasteiger partial charge in [-0.3, -0.25) is 0 Å². The quantitative estimate of drug-likeness (QED) is 0.532. The third-order valence-corrected chi connectivity index (χ3v) is 8.12. The minimum atomic E-state index is -4.20. The minimum Gasteiger partial charge on any atom is -0.346 e. The number of hydrogen-bond donors (Lipinski definition) is 0. The molecule has 0 amide bonds. The lowest BCUT2D eigenvalue weighted by Gasteiger charge is -2.22. The van der Waals surface area contributed by atoms with Crippen LogP contribution in [0.3, 0.4) is 0 Å². The molecule has 2 aliphatic rings. The Morgan fingerprint density at radius 3 is 2.42 bits per heavy atom. The molecule has 0 radical (unpaired) electrons. The Kier molecular flexibility index (Phi) is 4.57. The fourth-order valence-electron chi connectivity index (χ4n) is 4.71. The molecule has 2 bridgehead atoms. The molecular weight excluding hydrogens is 451 g/mol. The number of hydrogen-bond acceptors (Lipinski definition) is 4. The lowest BCUT2D eigenvalue weighted by atomic mass is 9.99. The number of anilines is 1. The highest BCUT2D eigenvalue weighted by Crippen LogP contribution is 2.46. The SMILES string of the molecule is CC(F)(F)c1ccc(S(=O)(=O)n2nc(N3C4CCC3C(F)C4)c3c(Cl)cccc32)cc1. The molecule has 0 aliphatic carbocycles. The fraction of sp³-hybridized carbons (Fsp3) is 0.381. The van der Waals surface area contributed by atoms with Crippen LogP contribution in [-0.2, 0) is 15.9 Å². The van der Waals surface area contributed by atoms with Crippen LogP contribution >= 0.6 is 11.6 Å². The third-order valence-electron chi connectivity index (χ3n) is 6.20. The van der Waals surface area contributed by atoms with E-state index in [1.54, 1.807) is 18.2 Å². The number of nitrogens with zero attached hydrogens (tertiary/aromatic N) is 3. The van der Waals surface area contributed by atoms with Crippen molar-refractivity contribution in [2.75, 3.05) is 4.90 Å². The van der Waals surface area contributed by atoms with Gasteiger partial charge in [0.15, 0.2) is 5.82 Å². The fourth-order valence-corrected chi connectivity index (χ4v) is 6.24. The predicted octanol–water partition coefficient (Wildman–Crippen LogP) is 5.12. The molecule has 2 aromatic carbocycles. The molecule has 3 heterocycles. The van der Waals surface area contributed by atoms with Crippen molar-refractivity contribution < 1.29 is 21.6 Å². The van der Waals surface area contributed by atoms with E-state index in [1.807, 2.05) is 4.90 Å². The number of fused-ring (bicyclic) bond motifs is 3. The van der Waals surface area contributed by atoms with Gasteiger partial charge in [-0.15, -0.1) is 5.10 Å². The summed E-state index contributed by atoms with van der Waals surface area (Å²) in [4.78, 5) is 1.68. The van der Waals surface area contributed by atoms with Crippen LogP contribution < -0.4 is 4.90 Å². The zero-order valence-electron chi connectivity index (χ0n) is 16.5. The topological polar surface area (TPSA) is 55.2 Å². The van der Waals surface area contributed by atoms with Crippen LogP contribution in [0.5, 0.6) is 0 Å². The van der Waals surface area contributed by atoms with Crippen LogP contribution in [0.1, 0.15) is 31.7 Å². The molecule has 3 unspecified atom stereocenters. The molecule has 31 heavy (non-hydrogen) atoms. The molecule has 2 saturated heterocycles. The molecule has 5 rings (SSSR count). The minimum absolute atomic E-state index is 0.0587. The van der Waals surface area contributed by atoms with Crippen LogP contribution in [0, 0.1) is 0 Å². The van der Waals surface area contributed by atoms with E-state index in [4.69, 9.17) is 11.6 Å². The Hall–Kier alpha value is -2.26. The van der Waals surface area contributed by atoms with Crippen molar-refractivity contribution in [3.63, 3.8) is 0 Å². The molecule has 2 fully saturated rings. The Morgan fingerprint density at radius 2 is 1.84 bits per heavy atom. The summed E-state index contributed by atoms with van der Waals surface area (Å²) in [5, 5.41) is 5.14. The summed E-state index contributed by atoms with van der Waals surface area (Å²) < 4.78 is 69.1. The number of rotatable bonds is 4. The smallest absolute Gasteiger partial charge is 0.283 e. The number of halogens is 4. The van der Waals surface area contributed by atoms with Crippen LogP contribution in [0.15, 0.2) is 47.4 Å². The first kappa shape index (κ1) is 20.6. The second-order valence-corrected chi connectivity index (χ2v) is 10.4. The summed E-state index contributed by atoms with van der Waals surface area (Å²) in [7, 11) is -4.20. The summed E-state index contributed by atoms with van der Waals surface area (Å²) in [5.41, 5.74) is -0.0303. The van der Waals surface area contributed by atoms with Crippen molar-refractivity contribution in [2.45, 2.75) is 55.3 Å². The first-order valence-electron chi connectivity index (χ1n) is 9.92. The van der Waals surface area contributed by atoms with Crippen molar-refractivity contribution in [1.29, 1.82) is 0 Å². The van der Waals surface area contributed by atoms with E-state index in [1.165, 1.54) is 0 Å². The molecule has 164 valence electrons. The van der Waals surface area contributed by atoms with Crippen molar-refractivity contribution >= 4 is 38.3 Å². The Bertz CT molecular complexity index is 1270. The molecule has 10 heteroatoms. The van der Waals surface area contributed by atoms with E-state index >= 15 is 0 Å². The lowest BCUT2D eigenvalue weighted by molar-refractivity contribution is 0.0174. The van der Waals surface area contributed by atoms with E-state index in [0.717, 1.165) is 41.7 Å². The van der Waals surface area contributed by atoms with Crippen LogP contribution in [-0.4, -0.2) is 35.9 Å². The molecule has 0 N–H and O–H groups in total. The number of aromatic nitrogens is 2. The number of benzene rings is 2. The summed E-state index contributed by atoms with van der Waals surface area (Å²) in [5.74, 6) is -2.74. The predicted molar refractivity (Wildman–Crippen MR) is 112 cm³/mol. The average Bonchev–Trinajstić information content (AvgIpc) is 3.38. The molecular formula is C21H19ClF3N3O2S. The third kappa shape index (κ3) is 3.12. The summed E-state index contributed by atoms with van der Waals surface area (Å²) in [6.45, 7) is 0.744. The highest BCUT2D eigenvalue weighted by atomic mass is 35.5. The monoisotopic (exact) mass is 469 g/mol. The summed E-state index contributed by atoms with van der Waals surface area (Å²) >= 11 is 6.42. The zero-order valence-corrected chi connectivity index (χ0v) is 18.0. The first-order chi connectivity index (χ1) is 14.6. The van der Waals surface area contributed by atoms with Gasteiger partial charge >= 0.3 is 0 Å². The Balaban J connectivity index is 1.67. The molecule has 0 saturated carbocycles. The molecule has 3 aromatic rings. The van der Waals surface area contributed by atoms with Gasteiger partial charge in [0, 0.05) is 24.9 Å². The molecule has 5 nitrogen and oxygen atoms in total. The van der Waals surface area contributed by atoms with E-state index in [-0.39, 0.29) is 28.1 Å². The maximum Gasteiger partial charge on any atom is 0.283 e. The average molecular weight is 470 g/mol. The Labute approximate surface area is 182 Å². The summed E-state index contributed by atoms with van der Waals surface area (Å²) in [6.07, 6.45) is 0.859. The van der Waals surface area contributed by atoms with Crippen LogP contribution in [0.4, 0.5) is 19.0 Å². The Morgan fingerprint density at radius 1 is 1.13 bits per heavy atom. The van der Waals surface area contributed by atoms with E-state index in [2.05, 4.69) is 5.10 Å². The molecule has 3 atom stereocenters. The van der Waals surface area contributed by atoms with Gasteiger partial charge in [0.1, 0.15) is 6.17 Å². The second-order valence-electron chi connectivity index (χ2n) is 8.18. The van der Waals surface area contributed by atoms with Crippen molar-refractivity contribution in [2.24, 2.45) is 0 Å². The maximum absolute atomic E-state index is 14.4. The van der Waals surface area contributed by atoms with Crippen LogP contribution in [0.2, 0.25) is 5.02 Å². The van der Waals surface area contributed by atoms with Gasteiger partial charge in [0.05, 0.1) is 26.9 Å². The van der Waals surface area contributed by atoms with Gasteiger partial charge in [-0.25, -0.2) is 13.2 Å². The van der Waals surface area contributed by atoms with Gasteiger partial charge < -0.3 is 4.90 Å². The standard InChI is InChI=1S/C21H19ClF3N3O2S/c1-21(24,25)12-5-8-14(9-6-12)31(29,30)28-18-4-2-3-15(22)19(18)20(26-28)27-13-7-10-17(27)16(23)11-13/h2-6,8-9,13,16-17H,7,10-11H2,1H3. The van der Waals surface area contributed by atoms with Crippen LogP contribution in [0.25, 0.3) is 10.9 Å². The normalized spacial score (nSPS) is 23.8. The molecule has 2 aliphatic heterocycles. The maximum atomic E-state index is 14.4. The van der Waals surface area contributed by atoms with Gasteiger partial charge in [-0.1, -0.05) is 29.8 Å². The van der Waals surface area contributed by atoms with Crippen molar-refractivity contribution in [3.8, 4) is 0 Å². The largest absolute Gasteiger partial charge is 0.346 e. The highest BCUT2D eigenvalue weighted by Gasteiger charge is 2.48. The van der Waals surface area contributed by atoms with E-state index < -0.39 is 22.1 Å². The van der Waals surface area contributed by atoms with Gasteiger partial charge in [-0.2, -0.15) is 12.5 Å². The van der Waals surface area contributed by atoms with E-state index in [0.29, 0.717) is 29.1 Å². The molecule has 0 spiro atoms. The molecule has 1 aromatic heterocycles.